The van der Waals surface area contributed by atoms with Crippen LogP contribution in [0, 0.1) is 17.2 Å². The number of piperidine rings is 3. The number of hydrogen-bond acceptors (Lipinski definition) is 13. The van der Waals surface area contributed by atoms with Crippen LogP contribution in [0.25, 0.3) is 10.9 Å². The van der Waals surface area contributed by atoms with Gasteiger partial charge in [-0.2, -0.15) is 5.26 Å². The van der Waals surface area contributed by atoms with Gasteiger partial charge in [0, 0.05) is 61.5 Å². The van der Waals surface area contributed by atoms with Crippen molar-refractivity contribution in [3.63, 3.8) is 0 Å². The maximum atomic E-state index is 13.3. The fraction of sp³-hybridized carbons (Fsp3) is 0.422. The Morgan fingerprint density at radius 3 is 2.44 bits per heavy atom. The SMILES string of the molecule is COc1cc(Nc2c(C#N)cnc3cc(OCCCN4CCC(CN5CCC[C@H](Nc6ccc7c(c6)C(=O)N(C6CCC(=O)NC6=O)C7=O)C5)CC4)c(OC)cc23)c(Cl)cc1Cl. The Morgan fingerprint density at radius 2 is 1.68 bits per heavy atom. The molecule has 324 valence electrons. The molecular weight excluding hydrogens is 835 g/mol. The number of nitriles is 1. The molecule has 4 aliphatic rings. The summed E-state index contributed by atoms with van der Waals surface area (Å²) in [5, 5.41) is 20.4. The number of halogens is 2. The molecule has 0 bridgehead atoms. The number of anilines is 3. The van der Waals surface area contributed by atoms with Crippen LogP contribution in [0.4, 0.5) is 17.1 Å². The lowest BCUT2D eigenvalue weighted by molar-refractivity contribution is -0.136. The number of hydrogen-bond donors (Lipinski definition) is 3. The summed E-state index contributed by atoms with van der Waals surface area (Å²) >= 11 is 12.8. The van der Waals surface area contributed by atoms with Crippen molar-refractivity contribution in [2.45, 2.75) is 57.0 Å². The number of aromatic nitrogens is 1. The van der Waals surface area contributed by atoms with Gasteiger partial charge in [0.05, 0.1) is 64.5 Å². The molecule has 15 nitrogen and oxygen atoms in total. The Hall–Kier alpha value is -5.66. The molecule has 17 heteroatoms. The number of rotatable bonds is 14. The lowest BCUT2D eigenvalue weighted by atomic mass is 9.94. The molecule has 3 N–H and O–H groups in total. The quantitative estimate of drug-likeness (QED) is 0.0909. The highest BCUT2D eigenvalue weighted by Gasteiger charge is 2.44. The van der Waals surface area contributed by atoms with Gasteiger partial charge in [0.2, 0.25) is 11.8 Å². The highest BCUT2D eigenvalue weighted by Crippen LogP contribution is 2.41. The van der Waals surface area contributed by atoms with E-state index in [1.165, 1.54) is 13.3 Å². The van der Waals surface area contributed by atoms with E-state index in [0.717, 1.165) is 82.0 Å². The van der Waals surface area contributed by atoms with Gasteiger partial charge in [-0.1, -0.05) is 23.2 Å². The number of nitrogens with zero attached hydrogens (tertiary/aromatic N) is 5. The van der Waals surface area contributed by atoms with E-state index < -0.39 is 29.7 Å². The Bertz CT molecular complexity index is 2450. The van der Waals surface area contributed by atoms with E-state index in [0.29, 0.717) is 67.7 Å². The lowest BCUT2D eigenvalue weighted by Crippen LogP contribution is -2.54. The van der Waals surface area contributed by atoms with Gasteiger partial charge in [0.15, 0.2) is 11.5 Å². The summed E-state index contributed by atoms with van der Waals surface area (Å²) in [6.45, 7) is 6.45. The van der Waals surface area contributed by atoms with Crippen molar-refractivity contribution in [2.75, 3.05) is 70.7 Å². The minimum atomic E-state index is -0.983. The summed E-state index contributed by atoms with van der Waals surface area (Å²) in [6, 6.07) is 13.5. The van der Waals surface area contributed by atoms with Crippen molar-refractivity contribution < 1.29 is 33.4 Å². The van der Waals surface area contributed by atoms with Crippen LogP contribution in [-0.4, -0.2) is 115 Å². The van der Waals surface area contributed by atoms with Crippen LogP contribution >= 0.6 is 23.2 Å². The van der Waals surface area contributed by atoms with E-state index in [9.17, 15) is 24.4 Å². The van der Waals surface area contributed by atoms with E-state index in [-0.39, 0.29) is 30.0 Å². The van der Waals surface area contributed by atoms with Crippen LogP contribution in [0.2, 0.25) is 10.0 Å². The van der Waals surface area contributed by atoms with E-state index >= 15 is 0 Å². The average Bonchev–Trinajstić information content (AvgIpc) is 3.51. The molecule has 1 unspecified atom stereocenters. The van der Waals surface area contributed by atoms with Crippen LogP contribution in [0.3, 0.4) is 0 Å². The minimum Gasteiger partial charge on any atom is -0.495 e. The molecule has 1 aromatic heterocycles. The van der Waals surface area contributed by atoms with Gasteiger partial charge < -0.3 is 34.6 Å². The second kappa shape index (κ2) is 18.8. The summed E-state index contributed by atoms with van der Waals surface area (Å²) in [5.74, 6) is 0.122. The molecule has 5 heterocycles. The monoisotopic (exact) mass is 882 g/mol. The van der Waals surface area contributed by atoms with Crippen LogP contribution in [-0.2, 0) is 9.59 Å². The number of imide groups is 2. The van der Waals surface area contributed by atoms with Crippen molar-refractivity contribution in [2.24, 2.45) is 5.92 Å². The minimum absolute atomic E-state index is 0.0856. The van der Waals surface area contributed by atoms with Gasteiger partial charge in [0.25, 0.3) is 11.8 Å². The van der Waals surface area contributed by atoms with Crippen molar-refractivity contribution in [3.05, 3.63) is 75.4 Å². The first kappa shape index (κ1) is 43.0. The fourth-order valence-corrected chi connectivity index (χ4v) is 9.48. The average molecular weight is 884 g/mol. The van der Waals surface area contributed by atoms with Gasteiger partial charge in [-0.3, -0.25) is 34.4 Å². The maximum absolute atomic E-state index is 13.3. The maximum Gasteiger partial charge on any atom is 0.262 e. The van der Waals surface area contributed by atoms with Crippen molar-refractivity contribution in [3.8, 4) is 23.3 Å². The summed E-state index contributed by atoms with van der Waals surface area (Å²) in [5.41, 5.74) is 3.32. The highest BCUT2D eigenvalue weighted by atomic mass is 35.5. The van der Waals surface area contributed by atoms with Crippen LogP contribution < -0.4 is 30.2 Å². The van der Waals surface area contributed by atoms with Gasteiger partial charge in [0.1, 0.15) is 17.9 Å². The zero-order valence-electron chi connectivity index (χ0n) is 34.6. The number of likely N-dealkylation sites (tertiary alicyclic amines) is 2. The van der Waals surface area contributed by atoms with E-state index in [4.69, 9.17) is 37.4 Å². The molecule has 8 rings (SSSR count). The molecule has 4 amide bonds. The second-order valence-electron chi connectivity index (χ2n) is 16.2. The molecule has 0 saturated carbocycles. The third kappa shape index (κ3) is 9.10. The normalized spacial score (nSPS) is 19.9. The molecule has 3 aromatic carbocycles. The van der Waals surface area contributed by atoms with Gasteiger partial charge in [-0.15, -0.1) is 0 Å². The first-order valence-corrected chi connectivity index (χ1v) is 21.7. The third-order valence-corrected chi connectivity index (χ3v) is 12.8. The zero-order chi connectivity index (χ0) is 43.5. The Morgan fingerprint density at radius 1 is 0.887 bits per heavy atom. The molecule has 4 aliphatic heterocycles. The van der Waals surface area contributed by atoms with Crippen molar-refractivity contribution >= 4 is 74.8 Å². The van der Waals surface area contributed by atoms with Crippen molar-refractivity contribution in [1.29, 1.82) is 5.26 Å². The Kier molecular flexibility index (Phi) is 13.0. The number of benzene rings is 3. The Labute approximate surface area is 369 Å². The number of nitrogens with one attached hydrogen (secondary N) is 3. The molecule has 2 atom stereocenters. The van der Waals surface area contributed by atoms with E-state index in [1.807, 2.05) is 18.2 Å². The first-order chi connectivity index (χ1) is 30.0. The molecule has 62 heavy (non-hydrogen) atoms. The standard InChI is InChI=1S/C45H48Cl2N8O7/c1-60-38-21-36(33(46)19-34(38)47)51-42-27(22-48)23-49-35-20-40(39(61-2)18-32(35)42)62-16-4-13-53-14-10-26(11-15-53)24-54-12-3-5-29(25-54)50-28-6-7-30-31(17-28)45(59)55(44(30)58)37-8-9-41(56)52-43(37)57/h6-7,17-21,23,26,29,37,50H,3-5,8-16,24-25H2,1-2H3,(H,49,51)(H,52,56,57)/t29-,37?/m0/s1. The summed E-state index contributed by atoms with van der Waals surface area (Å²) in [6.07, 6.45) is 6.88. The topological polar surface area (TPSA) is 178 Å². The number of ether oxygens (including phenoxy) is 3. The number of methoxy groups -OCH3 is 2. The zero-order valence-corrected chi connectivity index (χ0v) is 36.1. The van der Waals surface area contributed by atoms with Crippen LogP contribution in [0.1, 0.15) is 71.2 Å². The van der Waals surface area contributed by atoms with E-state index in [1.54, 1.807) is 31.4 Å². The highest BCUT2D eigenvalue weighted by molar-refractivity contribution is 6.37. The van der Waals surface area contributed by atoms with Crippen LogP contribution in [0.5, 0.6) is 17.2 Å². The molecule has 4 aromatic rings. The Balaban J connectivity index is 0.799. The van der Waals surface area contributed by atoms with Gasteiger partial charge >= 0.3 is 0 Å². The summed E-state index contributed by atoms with van der Waals surface area (Å²) in [7, 11) is 3.10. The lowest BCUT2D eigenvalue weighted by Gasteiger charge is -2.38. The fourth-order valence-electron chi connectivity index (χ4n) is 8.97. The van der Waals surface area contributed by atoms with Crippen molar-refractivity contribution in [1.82, 2.24) is 25.0 Å². The van der Waals surface area contributed by atoms with Gasteiger partial charge in [-0.05, 0) is 94.4 Å². The van der Waals surface area contributed by atoms with E-state index in [2.05, 4.69) is 36.8 Å². The number of carbonyl (C=O) groups is 4. The predicted molar refractivity (Wildman–Crippen MR) is 235 cm³/mol. The molecule has 3 fully saturated rings. The smallest absolute Gasteiger partial charge is 0.262 e. The predicted octanol–water partition coefficient (Wildman–Crippen LogP) is 6.63. The number of pyridine rings is 1. The largest absolute Gasteiger partial charge is 0.495 e. The number of amides is 4. The second-order valence-corrected chi connectivity index (χ2v) is 17.0. The van der Waals surface area contributed by atoms with Gasteiger partial charge in [-0.25, -0.2) is 0 Å². The molecule has 0 aliphatic carbocycles. The number of carbonyl (C=O) groups excluding carboxylic acids is 4. The third-order valence-electron chi connectivity index (χ3n) is 12.2. The number of fused-ring (bicyclic) bond motifs is 2. The first-order valence-electron chi connectivity index (χ1n) is 20.9. The molecule has 0 radical (unpaired) electrons. The molecule has 3 saturated heterocycles. The molecular formula is C45H48Cl2N8O7. The molecule has 0 spiro atoms. The van der Waals surface area contributed by atoms with Crippen LogP contribution in [0.15, 0.2) is 48.7 Å². The summed E-state index contributed by atoms with van der Waals surface area (Å²) < 4.78 is 17.3. The summed E-state index contributed by atoms with van der Waals surface area (Å²) in [4.78, 5) is 61.1.